The molecule has 0 heterocycles. The normalized spacial score (nSPS) is 11.1. The first-order valence-corrected chi connectivity index (χ1v) is 6.33. The molecule has 17 heavy (non-hydrogen) atoms. The molecule has 0 atom stereocenters. The molecule has 2 nitrogen and oxygen atoms in total. The van der Waals surface area contributed by atoms with Crippen molar-refractivity contribution in [3.63, 3.8) is 0 Å². The maximum atomic E-state index is 11.3. The van der Waals surface area contributed by atoms with Gasteiger partial charge in [-0.25, -0.2) is 4.79 Å². The molecular weight excluding hydrogens is 212 g/mol. The number of allylic oxidation sites excluding steroid dienone is 1. The second kappa shape index (κ2) is 8.87. The zero-order chi connectivity index (χ0) is 13.1. The summed E-state index contributed by atoms with van der Waals surface area (Å²) in [7, 11) is 0. The van der Waals surface area contributed by atoms with Crippen LogP contribution in [0.1, 0.15) is 59.8 Å². The number of hydrogen-bond acceptors (Lipinski definition) is 2. The molecule has 0 N–H and O–H groups in total. The summed E-state index contributed by atoms with van der Waals surface area (Å²) < 4.78 is 5.10. The first-order chi connectivity index (χ1) is 7.95. The lowest BCUT2D eigenvalue weighted by Crippen LogP contribution is -2.22. The number of carbonyl (C=O) groups is 1. The zero-order valence-corrected chi connectivity index (χ0v) is 11.5. The predicted molar refractivity (Wildman–Crippen MR) is 71.5 cm³/mol. The van der Waals surface area contributed by atoms with Crippen molar-refractivity contribution in [2.75, 3.05) is 0 Å². The lowest BCUT2D eigenvalue weighted by Gasteiger charge is -2.17. The average Bonchev–Trinajstić information content (AvgIpc) is 2.19. The van der Waals surface area contributed by atoms with Crippen LogP contribution >= 0.6 is 0 Å². The summed E-state index contributed by atoms with van der Waals surface area (Å²) in [6, 6.07) is 0. The highest BCUT2D eigenvalue weighted by Crippen LogP contribution is 2.06. The van der Waals surface area contributed by atoms with Crippen LogP contribution in [0.2, 0.25) is 0 Å². The summed E-state index contributed by atoms with van der Waals surface area (Å²) >= 11 is 0. The monoisotopic (exact) mass is 236 g/mol. The summed E-state index contributed by atoms with van der Waals surface area (Å²) in [5, 5.41) is 0. The fourth-order valence-electron chi connectivity index (χ4n) is 1.22. The second-order valence-electron chi connectivity index (χ2n) is 5.00. The molecular formula is C15H24O2. The van der Waals surface area contributed by atoms with Crippen LogP contribution in [0.4, 0.5) is 0 Å². The zero-order valence-electron chi connectivity index (χ0n) is 11.5. The highest BCUT2D eigenvalue weighted by atomic mass is 16.6. The van der Waals surface area contributed by atoms with Crippen LogP contribution in [0.15, 0.2) is 12.2 Å². The molecule has 0 spiro atoms. The van der Waals surface area contributed by atoms with Crippen LogP contribution in [0, 0.1) is 11.8 Å². The Hall–Kier alpha value is -1.23. The number of esters is 1. The van der Waals surface area contributed by atoms with Crippen molar-refractivity contribution in [1.29, 1.82) is 0 Å². The second-order valence-corrected chi connectivity index (χ2v) is 5.00. The van der Waals surface area contributed by atoms with E-state index < -0.39 is 5.60 Å². The minimum Gasteiger partial charge on any atom is -0.457 e. The van der Waals surface area contributed by atoms with Gasteiger partial charge in [-0.15, -0.1) is 0 Å². The third kappa shape index (κ3) is 12.7. The Balaban J connectivity index is 3.72. The van der Waals surface area contributed by atoms with Gasteiger partial charge in [0.25, 0.3) is 0 Å². The van der Waals surface area contributed by atoms with Gasteiger partial charge in [-0.05, 0) is 33.3 Å². The fourth-order valence-corrected chi connectivity index (χ4v) is 1.22. The van der Waals surface area contributed by atoms with E-state index in [1.165, 1.54) is 25.3 Å². The van der Waals surface area contributed by atoms with E-state index in [2.05, 4.69) is 18.8 Å². The molecule has 0 amide bonds. The van der Waals surface area contributed by atoms with Crippen molar-refractivity contribution in [3.05, 3.63) is 12.2 Å². The lowest BCUT2D eigenvalue weighted by molar-refractivity contribution is -0.148. The Morgan fingerprint density at radius 3 is 2.53 bits per heavy atom. The number of hydrogen-bond donors (Lipinski definition) is 0. The van der Waals surface area contributed by atoms with E-state index in [4.69, 9.17) is 4.74 Å². The van der Waals surface area contributed by atoms with E-state index in [1.54, 1.807) is 6.08 Å². The molecule has 0 aliphatic heterocycles. The van der Waals surface area contributed by atoms with Crippen molar-refractivity contribution >= 4 is 5.97 Å². The first kappa shape index (κ1) is 15.8. The highest BCUT2D eigenvalue weighted by Gasteiger charge is 2.13. The van der Waals surface area contributed by atoms with Gasteiger partial charge in [-0.1, -0.05) is 38.0 Å². The fraction of sp³-hybridized carbons (Fsp3) is 0.667. The quantitative estimate of drug-likeness (QED) is 0.313. The van der Waals surface area contributed by atoms with Gasteiger partial charge < -0.3 is 4.74 Å². The van der Waals surface area contributed by atoms with Crippen molar-refractivity contribution in [1.82, 2.24) is 0 Å². The Morgan fingerprint density at radius 2 is 1.94 bits per heavy atom. The number of carbonyl (C=O) groups excluding carboxylic acids is 1. The maximum absolute atomic E-state index is 11.3. The first-order valence-electron chi connectivity index (χ1n) is 6.33. The van der Waals surface area contributed by atoms with Crippen molar-refractivity contribution < 1.29 is 9.53 Å². The molecule has 0 aromatic carbocycles. The molecule has 0 bridgehead atoms. The van der Waals surface area contributed by atoms with Crippen LogP contribution in [-0.2, 0) is 9.53 Å². The largest absolute Gasteiger partial charge is 0.457 e. The Kier molecular flexibility index (Phi) is 8.23. The van der Waals surface area contributed by atoms with Gasteiger partial charge in [-0.3, -0.25) is 0 Å². The summed E-state index contributed by atoms with van der Waals surface area (Å²) in [4.78, 5) is 11.3. The summed E-state index contributed by atoms with van der Waals surface area (Å²) in [5.74, 6) is 5.53. The van der Waals surface area contributed by atoms with E-state index in [-0.39, 0.29) is 5.97 Å². The van der Waals surface area contributed by atoms with Crippen LogP contribution in [0.5, 0.6) is 0 Å². The molecule has 0 saturated carbocycles. The minimum absolute atomic E-state index is 0.335. The van der Waals surface area contributed by atoms with E-state index >= 15 is 0 Å². The van der Waals surface area contributed by atoms with Crippen LogP contribution in [0.25, 0.3) is 0 Å². The van der Waals surface area contributed by atoms with Crippen molar-refractivity contribution in [2.24, 2.45) is 0 Å². The summed E-state index contributed by atoms with van der Waals surface area (Å²) in [6.07, 6.45) is 8.74. The predicted octanol–water partition coefficient (Wildman–Crippen LogP) is 3.86. The van der Waals surface area contributed by atoms with Crippen LogP contribution in [0.3, 0.4) is 0 Å². The van der Waals surface area contributed by atoms with Crippen LogP contribution < -0.4 is 0 Å². The third-order valence-corrected chi connectivity index (χ3v) is 1.97. The summed E-state index contributed by atoms with van der Waals surface area (Å²) in [6.45, 7) is 7.73. The minimum atomic E-state index is -0.436. The number of unbranched alkanes of at least 4 members (excludes halogenated alkanes) is 4. The molecule has 0 aliphatic rings. The molecule has 0 rings (SSSR count). The molecule has 2 heteroatoms. The van der Waals surface area contributed by atoms with Crippen LogP contribution in [-0.4, -0.2) is 11.6 Å². The van der Waals surface area contributed by atoms with Crippen molar-refractivity contribution in [3.8, 4) is 11.8 Å². The summed E-state index contributed by atoms with van der Waals surface area (Å²) in [5.41, 5.74) is -0.436. The number of rotatable bonds is 5. The van der Waals surface area contributed by atoms with E-state index in [0.717, 1.165) is 12.8 Å². The molecule has 0 saturated heterocycles. The van der Waals surface area contributed by atoms with Gasteiger partial charge in [0.1, 0.15) is 5.60 Å². The van der Waals surface area contributed by atoms with E-state index in [9.17, 15) is 4.79 Å². The standard InChI is InChI=1S/C15H24O2/c1-5-6-7-8-9-10-11-12-13-14(16)17-15(2,3)4/h12-13H,5-9H2,1-4H3/b13-12-. The third-order valence-electron chi connectivity index (χ3n) is 1.97. The molecule has 0 aliphatic carbocycles. The molecule has 0 aromatic rings. The maximum Gasteiger partial charge on any atom is 0.331 e. The average molecular weight is 236 g/mol. The SMILES string of the molecule is CCCCCCC#C/C=C\C(=O)OC(C)(C)C. The van der Waals surface area contributed by atoms with Gasteiger partial charge in [-0.2, -0.15) is 0 Å². The van der Waals surface area contributed by atoms with Crippen molar-refractivity contribution in [2.45, 2.75) is 65.4 Å². The smallest absolute Gasteiger partial charge is 0.331 e. The molecule has 96 valence electrons. The van der Waals surface area contributed by atoms with Gasteiger partial charge >= 0.3 is 5.97 Å². The van der Waals surface area contributed by atoms with Gasteiger partial charge in [0.15, 0.2) is 0 Å². The van der Waals surface area contributed by atoms with E-state index in [0.29, 0.717) is 0 Å². The number of ether oxygens (including phenoxy) is 1. The Morgan fingerprint density at radius 1 is 1.24 bits per heavy atom. The molecule has 0 aromatic heterocycles. The van der Waals surface area contributed by atoms with Gasteiger partial charge in [0.2, 0.25) is 0 Å². The highest BCUT2D eigenvalue weighted by molar-refractivity contribution is 5.82. The molecule has 0 fully saturated rings. The Bertz CT molecular complexity index is 297. The molecule has 0 unspecified atom stereocenters. The Labute approximate surface area is 105 Å². The van der Waals surface area contributed by atoms with Gasteiger partial charge in [0.05, 0.1) is 0 Å². The van der Waals surface area contributed by atoms with Gasteiger partial charge in [0, 0.05) is 12.5 Å². The topological polar surface area (TPSA) is 26.3 Å². The lowest BCUT2D eigenvalue weighted by atomic mass is 10.2. The van der Waals surface area contributed by atoms with E-state index in [1.807, 2.05) is 20.8 Å². The molecule has 0 radical (unpaired) electrons.